The van der Waals surface area contributed by atoms with Gasteiger partial charge >= 0.3 is 0 Å². The molecule has 3 rings (SSSR count). The Bertz CT molecular complexity index is 887. The molecule has 6 nitrogen and oxygen atoms in total. The molecule has 0 bridgehead atoms. The fraction of sp³-hybridized carbons (Fsp3) is 0.481. The fourth-order valence-corrected chi connectivity index (χ4v) is 4.28. The summed E-state index contributed by atoms with van der Waals surface area (Å²) in [5.41, 5.74) is 2.34. The zero-order valence-electron chi connectivity index (χ0n) is 20.4. The predicted octanol–water partition coefficient (Wildman–Crippen LogP) is 5.26. The van der Waals surface area contributed by atoms with E-state index in [1.807, 2.05) is 64.1 Å². The van der Waals surface area contributed by atoms with Gasteiger partial charge in [-0.2, -0.15) is 0 Å². The van der Waals surface area contributed by atoms with Crippen LogP contribution in [0.5, 0.6) is 11.5 Å². The van der Waals surface area contributed by atoms with Crippen molar-refractivity contribution in [2.75, 3.05) is 39.4 Å². The van der Waals surface area contributed by atoms with E-state index in [9.17, 15) is 9.59 Å². The van der Waals surface area contributed by atoms with Crippen molar-refractivity contribution in [3.8, 4) is 22.6 Å². The largest absolute Gasteiger partial charge is 0.493 e. The summed E-state index contributed by atoms with van der Waals surface area (Å²) in [6.07, 6.45) is 2.79. The number of rotatable bonds is 6. The summed E-state index contributed by atoms with van der Waals surface area (Å²) in [7, 11) is 0. The van der Waals surface area contributed by atoms with Gasteiger partial charge in [-0.15, -0.1) is 0 Å². The number of amides is 2. The highest BCUT2D eigenvalue weighted by Gasteiger charge is 2.28. The van der Waals surface area contributed by atoms with Crippen LogP contribution in [0.25, 0.3) is 11.1 Å². The van der Waals surface area contributed by atoms with Crippen LogP contribution in [0.15, 0.2) is 36.4 Å². The van der Waals surface area contributed by atoms with E-state index in [-0.39, 0.29) is 11.8 Å². The summed E-state index contributed by atoms with van der Waals surface area (Å²) in [6, 6.07) is 11.1. The highest BCUT2D eigenvalue weighted by Crippen LogP contribution is 2.43. The lowest BCUT2D eigenvalue weighted by molar-refractivity contribution is 0.0763. The second-order valence-electron chi connectivity index (χ2n) is 8.07. The molecule has 0 N–H and O–H groups in total. The SMILES string of the molecule is CCN(CC)C(=O)c1cccc2c1-c1c(cccc1C(=O)N(CC)CC)OCCCCCO2. The summed E-state index contributed by atoms with van der Waals surface area (Å²) < 4.78 is 12.4. The first-order chi connectivity index (χ1) is 16.1. The van der Waals surface area contributed by atoms with E-state index in [1.54, 1.807) is 9.80 Å². The van der Waals surface area contributed by atoms with Crippen LogP contribution in [0.4, 0.5) is 0 Å². The van der Waals surface area contributed by atoms with Crippen LogP contribution in [0.2, 0.25) is 0 Å². The number of hydrogen-bond acceptors (Lipinski definition) is 4. The van der Waals surface area contributed by atoms with Crippen molar-refractivity contribution < 1.29 is 19.1 Å². The van der Waals surface area contributed by atoms with E-state index >= 15 is 0 Å². The van der Waals surface area contributed by atoms with Crippen LogP contribution >= 0.6 is 0 Å². The topological polar surface area (TPSA) is 59.1 Å². The molecule has 0 aromatic heterocycles. The monoisotopic (exact) mass is 452 g/mol. The van der Waals surface area contributed by atoms with Crippen molar-refractivity contribution in [3.63, 3.8) is 0 Å². The summed E-state index contributed by atoms with van der Waals surface area (Å²) in [4.78, 5) is 30.7. The standard InChI is InChI=1S/C27H36N2O4/c1-5-28(6-2)26(30)20-14-12-16-22-24(20)25-21(27(31)29(7-3)8-4)15-13-17-23(25)33-19-11-9-10-18-32-22/h12-17H,5-11,18-19H2,1-4H3. The van der Waals surface area contributed by atoms with Crippen molar-refractivity contribution in [1.29, 1.82) is 0 Å². The van der Waals surface area contributed by atoms with Crippen LogP contribution in [0.3, 0.4) is 0 Å². The second kappa shape index (κ2) is 11.7. The molecule has 178 valence electrons. The summed E-state index contributed by atoms with van der Waals surface area (Å²) in [5, 5.41) is 0. The molecule has 1 aliphatic heterocycles. The lowest BCUT2D eigenvalue weighted by Gasteiger charge is -2.25. The van der Waals surface area contributed by atoms with E-state index in [2.05, 4.69) is 0 Å². The van der Waals surface area contributed by atoms with Gasteiger partial charge in [0.15, 0.2) is 0 Å². The molecule has 0 fully saturated rings. The number of hydrogen-bond donors (Lipinski definition) is 0. The van der Waals surface area contributed by atoms with Gasteiger partial charge in [-0.1, -0.05) is 12.1 Å². The van der Waals surface area contributed by atoms with Crippen molar-refractivity contribution in [2.24, 2.45) is 0 Å². The molecule has 0 unspecified atom stereocenters. The van der Waals surface area contributed by atoms with Crippen molar-refractivity contribution in [3.05, 3.63) is 47.5 Å². The van der Waals surface area contributed by atoms with Crippen LogP contribution < -0.4 is 9.47 Å². The molecule has 6 heteroatoms. The fourth-order valence-electron chi connectivity index (χ4n) is 4.28. The first kappa shape index (κ1) is 24.6. The maximum Gasteiger partial charge on any atom is 0.254 e. The van der Waals surface area contributed by atoms with Crippen LogP contribution in [0, 0.1) is 0 Å². The van der Waals surface area contributed by atoms with Gasteiger partial charge in [0.05, 0.1) is 24.3 Å². The Morgan fingerprint density at radius 1 is 0.667 bits per heavy atom. The predicted molar refractivity (Wildman–Crippen MR) is 131 cm³/mol. The Balaban J connectivity index is 2.32. The van der Waals surface area contributed by atoms with E-state index in [4.69, 9.17) is 9.47 Å². The quantitative estimate of drug-likeness (QED) is 0.600. The Kier molecular flexibility index (Phi) is 8.75. The smallest absolute Gasteiger partial charge is 0.254 e. The Morgan fingerprint density at radius 3 is 1.42 bits per heavy atom. The normalized spacial score (nSPS) is 13.5. The third-order valence-corrected chi connectivity index (χ3v) is 6.17. The third-order valence-electron chi connectivity index (χ3n) is 6.17. The van der Waals surface area contributed by atoms with Gasteiger partial charge in [0.25, 0.3) is 11.8 Å². The highest BCUT2D eigenvalue weighted by molar-refractivity contribution is 6.09. The lowest BCUT2D eigenvalue weighted by Crippen LogP contribution is -2.32. The van der Waals surface area contributed by atoms with E-state index in [1.165, 1.54) is 0 Å². The molecule has 0 atom stereocenters. The summed E-state index contributed by atoms with van der Waals surface area (Å²) in [5.74, 6) is 1.07. The molecular formula is C27H36N2O4. The number of carbonyl (C=O) groups is 2. The lowest BCUT2D eigenvalue weighted by atomic mass is 9.92. The minimum absolute atomic E-state index is 0.0774. The minimum Gasteiger partial charge on any atom is -0.493 e. The zero-order chi connectivity index (χ0) is 23.8. The number of nitrogens with zero attached hydrogens (tertiary/aromatic N) is 2. The number of carbonyl (C=O) groups excluding carboxylic acids is 2. The molecule has 0 spiro atoms. The Labute approximate surface area is 197 Å². The first-order valence-corrected chi connectivity index (χ1v) is 12.2. The van der Waals surface area contributed by atoms with Crippen LogP contribution in [0.1, 0.15) is 67.7 Å². The Hall–Kier alpha value is -3.02. The van der Waals surface area contributed by atoms with Gasteiger partial charge < -0.3 is 19.3 Å². The maximum atomic E-state index is 13.6. The van der Waals surface area contributed by atoms with Gasteiger partial charge in [-0.3, -0.25) is 9.59 Å². The maximum absolute atomic E-state index is 13.6. The van der Waals surface area contributed by atoms with E-state index < -0.39 is 0 Å². The number of benzene rings is 2. The molecular weight excluding hydrogens is 416 g/mol. The molecule has 0 radical (unpaired) electrons. The average Bonchev–Trinajstić information content (AvgIpc) is 2.88. The third kappa shape index (κ3) is 5.32. The Morgan fingerprint density at radius 2 is 1.06 bits per heavy atom. The second-order valence-corrected chi connectivity index (χ2v) is 8.07. The highest BCUT2D eigenvalue weighted by atomic mass is 16.5. The summed E-state index contributed by atoms with van der Waals surface area (Å²) in [6.45, 7) is 11.4. The minimum atomic E-state index is -0.0774. The van der Waals surface area contributed by atoms with E-state index in [0.29, 0.717) is 73.1 Å². The molecule has 2 amide bonds. The zero-order valence-corrected chi connectivity index (χ0v) is 20.4. The average molecular weight is 453 g/mol. The van der Waals surface area contributed by atoms with Crippen molar-refractivity contribution >= 4 is 11.8 Å². The molecule has 0 saturated heterocycles. The number of fused-ring (bicyclic) bond motifs is 3. The van der Waals surface area contributed by atoms with Gasteiger partial charge in [-0.25, -0.2) is 0 Å². The molecule has 1 aliphatic rings. The van der Waals surface area contributed by atoms with Crippen molar-refractivity contribution in [1.82, 2.24) is 9.80 Å². The molecule has 1 heterocycles. The molecule has 33 heavy (non-hydrogen) atoms. The van der Waals surface area contributed by atoms with Crippen LogP contribution in [-0.2, 0) is 0 Å². The number of ether oxygens (including phenoxy) is 2. The first-order valence-electron chi connectivity index (χ1n) is 12.2. The van der Waals surface area contributed by atoms with Gasteiger partial charge in [0.1, 0.15) is 11.5 Å². The van der Waals surface area contributed by atoms with Crippen LogP contribution in [-0.4, -0.2) is 61.0 Å². The van der Waals surface area contributed by atoms with Gasteiger partial charge in [0.2, 0.25) is 0 Å². The molecule has 2 aromatic carbocycles. The molecule has 0 saturated carbocycles. The molecule has 2 aromatic rings. The summed E-state index contributed by atoms with van der Waals surface area (Å²) >= 11 is 0. The molecule has 0 aliphatic carbocycles. The van der Waals surface area contributed by atoms with Crippen molar-refractivity contribution in [2.45, 2.75) is 47.0 Å². The van der Waals surface area contributed by atoms with E-state index in [0.717, 1.165) is 19.3 Å². The van der Waals surface area contributed by atoms with Gasteiger partial charge in [-0.05, 0) is 71.2 Å². The van der Waals surface area contributed by atoms with Gasteiger partial charge in [0, 0.05) is 37.3 Å².